The lowest BCUT2D eigenvalue weighted by Gasteiger charge is -2.42. The second kappa shape index (κ2) is 9.21. The number of piperidine rings is 1. The SMILES string of the molecule is CCCCCC1CCC2CCC1N2CC(C)CN1C(=O)CSc2ccccc21. The molecule has 4 unspecified atom stereocenters. The summed E-state index contributed by atoms with van der Waals surface area (Å²) in [6.07, 6.45) is 11.2. The van der Waals surface area contributed by atoms with E-state index >= 15 is 0 Å². The van der Waals surface area contributed by atoms with Gasteiger partial charge in [0.15, 0.2) is 0 Å². The minimum atomic E-state index is 0.273. The first-order valence-corrected chi connectivity index (χ1v) is 12.4. The number of unbranched alkanes of at least 4 members (excludes halogenated alkanes) is 2. The third-order valence-electron chi connectivity index (χ3n) is 7.11. The first-order chi connectivity index (χ1) is 13.7. The summed E-state index contributed by atoms with van der Waals surface area (Å²) in [7, 11) is 0. The number of carbonyl (C=O) groups is 1. The fourth-order valence-electron chi connectivity index (χ4n) is 5.74. The van der Waals surface area contributed by atoms with Gasteiger partial charge in [-0.3, -0.25) is 9.69 Å². The topological polar surface area (TPSA) is 23.6 Å². The molecule has 0 saturated carbocycles. The van der Waals surface area contributed by atoms with Crippen LogP contribution in [-0.4, -0.2) is 41.7 Å². The summed E-state index contributed by atoms with van der Waals surface area (Å²) >= 11 is 1.68. The number of benzene rings is 1. The molecule has 3 heterocycles. The Balaban J connectivity index is 1.38. The molecule has 3 nitrogen and oxygen atoms in total. The van der Waals surface area contributed by atoms with Crippen molar-refractivity contribution in [3.8, 4) is 0 Å². The van der Waals surface area contributed by atoms with Gasteiger partial charge in [0.1, 0.15) is 0 Å². The van der Waals surface area contributed by atoms with Gasteiger partial charge in [-0.25, -0.2) is 0 Å². The number of anilines is 1. The highest BCUT2D eigenvalue weighted by atomic mass is 32.2. The van der Waals surface area contributed by atoms with Crippen LogP contribution < -0.4 is 4.90 Å². The molecule has 0 N–H and O–H groups in total. The van der Waals surface area contributed by atoms with Crippen molar-refractivity contribution in [1.82, 2.24) is 4.90 Å². The number of amides is 1. The van der Waals surface area contributed by atoms with E-state index in [0.717, 1.165) is 36.8 Å². The van der Waals surface area contributed by atoms with Crippen LogP contribution in [0.25, 0.3) is 0 Å². The van der Waals surface area contributed by atoms with Gasteiger partial charge in [-0.1, -0.05) is 45.2 Å². The lowest BCUT2D eigenvalue weighted by molar-refractivity contribution is -0.116. The summed E-state index contributed by atoms with van der Waals surface area (Å²) in [5.74, 6) is 2.27. The van der Waals surface area contributed by atoms with E-state index in [0.29, 0.717) is 11.7 Å². The molecule has 4 atom stereocenters. The monoisotopic (exact) mass is 400 g/mol. The highest BCUT2D eigenvalue weighted by Gasteiger charge is 2.42. The van der Waals surface area contributed by atoms with Gasteiger partial charge < -0.3 is 4.90 Å². The third-order valence-corrected chi connectivity index (χ3v) is 8.16. The molecular formula is C24H36N2OS. The molecule has 3 aliphatic heterocycles. The van der Waals surface area contributed by atoms with Crippen molar-refractivity contribution in [2.75, 3.05) is 23.7 Å². The molecule has 2 fully saturated rings. The molecule has 1 aromatic carbocycles. The lowest BCUT2D eigenvalue weighted by atomic mass is 9.85. The molecule has 4 rings (SSSR count). The quantitative estimate of drug-likeness (QED) is 0.532. The summed E-state index contributed by atoms with van der Waals surface area (Å²) in [4.78, 5) is 18.8. The van der Waals surface area contributed by atoms with Crippen LogP contribution in [0.1, 0.15) is 65.2 Å². The van der Waals surface area contributed by atoms with Crippen LogP contribution in [0.15, 0.2) is 29.2 Å². The molecule has 3 aliphatic rings. The summed E-state index contributed by atoms with van der Waals surface area (Å²) in [5.41, 5.74) is 1.12. The first-order valence-electron chi connectivity index (χ1n) is 11.4. The zero-order valence-electron chi connectivity index (χ0n) is 17.6. The summed E-state index contributed by atoms with van der Waals surface area (Å²) in [6, 6.07) is 10.00. The predicted molar refractivity (Wildman–Crippen MR) is 119 cm³/mol. The fraction of sp³-hybridized carbons (Fsp3) is 0.708. The van der Waals surface area contributed by atoms with E-state index in [9.17, 15) is 4.79 Å². The molecule has 1 amide bonds. The van der Waals surface area contributed by atoms with E-state index in [4.69, 9.17) is 0 Å². The minimum Gasteiger partial charge on any atom is -0.310 e. The number of para-hydroxylation sites is 1. The van der Waals surface area contributed by atoms with Crippen molar-refractivity contribution >= 4 is 23.4 Å². The Morgan fingerprint density at radius 3 is 2.79 bits per heavy atom. The van der Waals surface area contributed by atoms with Crippen molar-refractivity contribution in [2.24, 2.45) is 11.8 Å². The predicted octanol–water partition coefficient (Wildman–Crippen LogP) is 5.58. The molecule has 0 radical (unpaired) electrons. The maximum absolute atomic E-state index is 12.6. The van der Waals surface area contributed by atoms with Crippen molar-refractivity contribution in [3.63, 3.8) is 0 Å². The van der Waals surface area contributed by atoms with Gasteiger partial charge in [0.25, 0.3) is 0 Å². The molecule has 4 heteroatoms. The first kappa shape index (κ1) is 20.3. The number of nitrogens with zero attached hydrogens (tertiary/aromatic N) is 2. The number of thioether (sulfide) groups is 1. The smallest absolute Gasteiger partial charge is 0.237 e. The Labute approximate surface area is 175 Å². The summed E-state index contributed by atoms with van der Waals surface area (Å²) in [5, 5.41) is 0. The van der Waals surface area contributed by atoms with Crippen LogP contribution in [-0.2, 0) is 4.79 Å². The molecular weight excluding hydrogens is 364 g/mol. The normalized spacial score (nSPS) is 28.4. The summed E-state index contributed by atoms with van der Waals surface area (Å²) < 4.78 is 0. The molecule has 154 valence electrons. The fourth-order valence-corrected chi connectivity index (χ4v) is 6.68. The molecule has 2 bridgehead atoms. The second-order valence-corrected chi connectivity index (χ2v) is 10.2. The van der Waals surface area contributed by atoms with Gasteiger partial charge in [0, 0.05) is 30.1 Å². The Morgan fingerprint density at radius 1 is 1.11 bits per heavy atom. The molecule has 2 saturated heterocycles. The second-order valence-electron chi connectivity index (χ2n) is 9.19. The Bertz CT molecular complexity index is 678. The van der Waals surface area contributed by atoms with Gasteiger partial charge >= 0.3 is 0 Å². The van der Waals surface area contributed by atoms with E-state index in [1.807, 2.05) is 0 Å². The van der Waals surface area contributed by atoms with Crippen LogP contribution >= 0.6 is 11.8 Å². The highest BCUT2D eigenvalue weighted by molar-refractivity contribution is 8.00. The Kier molecular flexibility index (Phi) is 6.67. The average Bonchev–Trinajstić information content (AvgIpc) is 2.96. The van der Waals surface area contributed by atoms with Crippen LogP contribution in [0.4, 0.5) is 5.69 Å². The van der Waals surface area contributed by atoms with Gasteiger partial charge in [0.2, 0.25) is 5.91 Å². The Morgan fingerprint density at radius 2 is 1.93 bits per heavy atom. The number of fused-ring (bicyclic) bond motifs is 3. The van der Waals surface area contributed by atoms with Gasteiger partial charge in [-0.15, -0.1) is 11.8 Å². The molecule has 0 aliphatic carbocycles. The van der Waals surface area contributed by atoms with Crippen LogP contribution in [0.2, 0.25) is 0 Å². The number of rotatable bonds is 8. The maximum Gasteiger partial charge on any atom is 0.237 e. The van der Waals surface area contributed by atoms with E-state index in [2.05, 4.69) is 47.9 Å². The van der Waals surface area contributed by atoms with E-state index in [1.165, 1.54) is 56.3 Å². The highest BCUT2D eigenvalue weighted by Crippen LogP contribution is 2.42. The van der Waals surface area contributed by atoms with Crippen molar-refractivity contribution < 1.29 is 4.79 Å². The van der Waals surface area contributed by atoms with Crippen LogP contribution in [0.3, 0.4) is 0 Å². The lowest BCUT2D eigenvalue weighted by Crippen LogP contribution is -2.48. The minimum absolute atomic E-state index is 0.273. The number of carbonyl (C=O) groups excluding carboxylic acids is 1. The van der Waals surface area contributed by atoms with Crippen molar-refractivity contribution in [1.29, 1.82) is 0 Å². The van der Waals surface area contributed by atoms with Gasteiger partial charge in [0.05, 0.1) is 11.4 Å². The van der Waals surface area contributed by atoms with E-state index in [1.54, 1.807) is 11.8 Å². The zero-order chi connectivity index (χ0) is 19.5. The summed E-state index contributed by atoms with van der Waals surface area (Å²) in [6.45, 7) is 6.66. The maximum atomic E-state index is 12.6. The molecule has 28 heavy (non-hydrogen) atoms. The van der Waals surface area contributed by atoms with Gasteiger partial charge in [-0.2, -0.15) is 0 Å². The van der Waals surface area contributed by atoms with Crippen molar-refractivity contribution in [3.05, 3.63) is 24.3 Å². The van der Waals surface area contributed by atoms with Crippen LogP contribution in [0.5, 0.6) is 0 Å². The van der Waals surface area contributed by atoms with Crippen LogP contribution in [0, 0.1) is 11.8 Å². The molecule has 0 spiro atoms. The zero-order valence-corrected chi connectivity index (χ0v) is 18.4. The average molecular weight is 401 g/mol. The molecule has 0 aromatic heterocycles. The van der Waals surface area contributed by atoms with Gasteiger partial charge in [-0.05, 0) is 56.1 Å². The largest absolute Gasteiger partial charge is 0.310 e. The Hall–Kier alpha value is -1.00. The third kappa shape index (κ3) is 4.28. The number of hydrogen-bond donors (Lipinski definition) is 0. The van der Waals surface area contributed by atoms with E-state index < -0.39 is 0 Å². The van der Waals surface area contributed by atoms with Crippen molar-refractivity contribution in [2.45, 2.75) is 82.2 Å². The van der Waals surface area contributed by atoms with E-state index in [-0.39, 0.29) is 5.91 Å². The standard InChI is InChI=1S/C24H36N2OS/c1-3-4-5-8-19-11-12-20-13-14-21(19)25(20)15-18(2)16-26-22-9-6-7-10-23(22)28-17-24(26)27/h6-7,9-10,18-21H,3-5,8,11-17H2,1-2H3. The molecule has 1 aromatic rings. The number of hydrogen-bond acceptors (Lipinski definition) is 3.